The molecule has 0 N–H and O–H groups in total. The van der Waals surface area contributed by atoms with Crippen LogP contribution < -0.4 is 4.74 Å². The predicted octanol–water partition coefficient (Wildman–Crippen LogP) is 4.47. The average Bonchev–Trinajstić information content (AvgIpc) is 3.59. The van der Waals surface area contributed by atoms with Gasteiger partial charge in [-0.3, -0.25) is 9.59 Å². The van der Waals surface area contributed by atoms with Gasteiger partial charge in [0.05, 0.1) is 23.0 Å². The standard InChI is InChI=1S/C35H41N3O5S/c1-43-32-11-7-6-10-30(32)33(39)38-24-28(31(25-38)27-8-4-3-5-9-27)23-36-19-16-35(17-20-36)18-21-37(34(35)40)22-26-12-14-29(15-13-26)44(2,41)42/h3-15,28,31H,16-25H2,1-2H3/t28-,31+/m0/s1. The second kappa shape index (κ2) is 12.4. The van der Waals surface area contributed by atoms with Gasteiger partial charge in [-0.2, -0.15) is 0 Å². The summed E-state index contributed by atoms with van der Waals surface area (Å²) in [4.78, 5) is 34.0. The second-order valence-corrected chi connectivity index (χ2v) is 14.7. The summed E-state index contributed by atoms with van der Waals surface area (Å²) in [6, 6.07) is 24.8. The van der Waals surface area contributed by atoms with Crippen molar-refractivity contribution in [1.82, 2.24) is 14.7 Å². The zero-order chi connectivity index (χ0) is 30.9. The maximum atomic E-state index is 13.7. The molecule has 0 bridgehead atoms. The molecule has 44 heavy (non-hydrogen) atoms. The number of carbonyl (C=O) groups is 2. The number of hydrogen-bond acceptors (Lipinski definition) is 6. The Hall–Kier alpha value is -3.69. The maximum absolute atomic E-state index is 13.7. The zero-order valence-electron chi connectivity index (χ0n) is 25.5. The van der Waals surface area contributed by atoms with Gasteiger partial charge in [0.25, 0.3) is 5.91 Å². The normalized spacial score (nSPS) is 22.1. The Morgan fingerprint density at radius 3 is 2.23 bits per heavy atom. The number of nitrogens with zero attached hydrogens (tertiary/aromatic N) is 3. The van der Waals surface area contributed by atoms with Crippen LogP contribution >= 0.6 is 0 Å². The lowest BCUT2D eigenvalue weighted by Gasteiger charge is -2.39. The molecular weight excluding hydrogens is 574 g/mol. The summed E-state index contributed by atoms with van der Waals surface area (Å²) >= 11 is 0. The van der Waals surface area contributed by atoms with Gasteiger partial charge in [0.2, 0.25) is 5.91 Å². The number of para-hydroxylation sites is 1. The highest BCUT2D eigenvalue weighted by molar-refractivity contribution is 7.90. The first kappa shape index (κ1) is 30.3. The Morgan fingerprint density at radius 1 is 0.886 bits per heavy atom. The van der Waals surface area contributed by atoms with Crippen LogP contribution in [-0.2, 0) is 21.2 Å². The van der Waals surface area contributed by atoms with Crippen LogP contribution in [0.5, 0.6) is 5.75 Å². The van der Waals surface area contributed by atoms with Gasteiger partial charge >= 0.3 is 0 Å². The Morgan fingerprint density at radius 2 is 1.55 bits per heavy atom. The van der Waals surface area contributed by atoms with E-state index >= 15 is 0 Å². The van der Waals surface area contributed by atoms with Crippen molar-refractivity contribution < 1.29 is 22.7 Å². The number of sulfone groups is 1. The molecule has 0 unspecified atom stereocenters. The summed E-state index contributed by atoms with van der Waals surface area (Å²) in [5, 5.41) is 0. The zero-order valence-corrected chi connectivity index (χ0v) is 26.3. The van der Waals surface area contributed by atoms with Crippen LogP contribution in [0.3, 0.4) is 0 Å². The number of benzene rings is 3. The van der Waals surface area contributed by atoms with Gasteiger partial charge in [-0.25, -0.2) is 8.42 Å². The minimum atomic E-state index is -3.25. The SMILES string of the molecule is COc1ccccc1C(=O)N1C[C@H](CN2CCC3(CC2)CCN(Cc2ccc(S(C)(=O)=O)cc2)C3=O)[C@@H](c2ccccc2)C1. The number of ether oxygens (including phenoxy) is 1. The van der Waals surface area contributed by atoms with Gasteiger partial charge < -0.3 is 19.4 Å². The van der Waals surface area contributed by atoms with E-state index in [-0.39, 0.29) is 29.1 Å². The molecule has 3 aliphatic rings. The molecule has 2 atom stereocenters. The summed E-state index contributed by atoms with van der Waals surface area (Å²) in [5.41, 5.74) is 2.48. The highest BCUT2D eigenvalue weighted by atomic mass is 32.2. The third-order valence-corrected chi connectivity index (χ3v) is 11.1. The topological polar surface area (TPSA) is 87.2 Å². The molecule has 9 heteroatoms. The average molecular weight is 616 g/mol. The summed E-state index contributed by atoms with van der Waals surface area (Å²) in [6.07, 6.45) is 3.73. The van der Waals surface area contributed by atoms with Crippen molar-refractivity contribution in [2.75, 3.05) is 52.6 Å². The van der Waals surface area contributed by atoms with Gasteiger partial charge in [-0.05, 0) is 73.7 Å². The van der Waals surface area contributed by atoms with Gasteiger partial charge in [0.15, 0.2) is 9.84 Å². The molecule has 0 aromatic heterocycles. The molecular formula is C35H41N3O5S. The summed E-state index contributed by atoms with van der Waals surface area (Å²) < 4.78 is 29.1. The minimum Gasteiger partial charge on any atom is -0.496 e. The lowest BCUT2D eigenvalue weighted by atomic mass is 9.76. The van der Waals surface area contributed by atoms with Gasteiger partial charge in [0.1, 0.15) is 5.75 Å². The van der Waals surface area contributed by atoms with Crippen molar-refractivity contribution >= 4 is 21.7 Å². The van der Waals surface area contributed by atoms with E-state index in [9.17, 15) is 18.0 Å². The summed E-state index contributed by atoms with van der Waals surface area (Å²) in [7, 11) is -1.65. The Balaban J connectivity index is 1.10. The molecule has 0 radical (unpaired) electrons. The van der Waals surface area contributed by atoms with Gasteiger partial charge in [0, 0.05) is 44.9 Å². The summed E-state index contributed by atoms with van der Waals surface area (Å²) in [5.74, 6) is 1.35. The highest BCUT2D eigenvalue weighted by Crippen LogP contribution is 2.43. The smallest absolute Gasteiger partial charge is 0.257 e. The Kier molecular flexibility index (Phi) is 8.53. The lowest BCUT2D eigenvalue weighted by molar-refractivity contribution is -0.139. The minimum absolute atomic E-state index is 0.00563. The third-order valence-electron chi connectivity index (χ3n) is 9.93. The number of likely N-dealkylation sites (tertiary alicyclic amines) is 3. The van der Waals surface area contributed by atoms with E-state index in [0.29, 0.717) is 35.8 Å². The highest BCUT2D eigenvalue weighted by Gasteiger charge is 2.48. The number of methoxy groups -OCH3 is 1. The van der Waals surface area contributed by atoms with E-state index in [0.717, 1.165) is 51.0 Å². The van der Waals surface area contributed by atoms with Crippen molar-refractivity contribution in [2.24, 2.45) is 11.3 Å². The molecule has 8 nitrogen and oxygen atoms in total. The fraction of sp³-hybridized carbons (Fsp3) is 0.429. The van der Waals surface area contributed by atoms with Gasteiger partial charge in [-0.15, -0.1) is 0 Å². The fourth-order valence-corrected chi connectivity index (χ4v) is 7.99. The number of amides is 2. The third kappa shape index (κ3) is 6.13. The molecule has 3 aliphatic heterocycles. The molecule has 3 aromatic rings. The quantitative estimate of drug-likeness (QED) is 0.372. The first-order valence-corrected chi connectivity index (χ1v) is 17.3. The van der Waals surface area contributed by atoms with Crippen molar-refractivity contribution in [3.63, 3.8) is 0 Å². The van der Waals surface area contributed by atoms with Gasteiger partial charge in [-0.1, -0.05) is 54.6 Å². The van der Waals surface area contributed by atoms with Crippen molar-refractivity contribution in [2.45, 2.75) is 36.6 Å². The van der Waals surface area contributed by atoms with Crippen LogP contribution in [0.4, 0.5) is 0 Å². The van der Waals surface area contributed by atoms with Crippen LogP contribution in [0, 0.1) is 11.3 Å². The molecule has 1 spiro atoms. The monoisotopic (exact) mass is 615 g/mol. The number of hydrogen-bond donors (Lipinski definition) is 0. The van der Waals surface area contributed by atoms with Crippen molar-refractivity contribution in [3.8, 4) is 5.75 Å². The second-order valence-electron chi connectivity index (χ2n) is 12.7. The van der Waals surface area contributed by atoms with E-state index < -0.39 is 9.84 Å². The van der Waals surface area contributed by atoms with E-state index in [4.69, 9.17) is 4.74 Å². The molecule has 3 aromatic carbocycles. The lowest BCUT2D eigenvalue weighted by Crippen LogP contribution is -2.46. The van der Waals surface area contributed by atoms with Crippen LogP contribution in [0.25, 0.3) is 0 Å². The molecule has 0 saturated carbocycles. The molecule has 0 aliphatic carbocycles. The molecule has 3 saturated heterocycles. The van der Waals surface area contributed by atoms with Crippen molar-refractivity contribution in [3.05, 3.63) is 95.6 Å². The summed E-state index contributed by atoms with van der Waals surface area (Å²) in [6.45, 7) is 5.19. The number of carbonyl (C=O) groups excluding carboxylic acids is 2. The first-order valence-electron chi connectivity index (χ1n) is 15.4. The van der Waals surface area contributed by atoms with E-state index in [1.54, 1.807) is 19.2 Å². The molecule has 3 fully saturated rings. The van der Waals surface area contributed by atoms with Crippen LogP contribution in [0.1, 0.15) is 46.7 Å². The number of piperidine rings is 1. The maximum Gasteiger partial charge on any atom is 0.257 e. The molecule has 3 heterocycles. The van der Waals surface area contributed by atoms with Crippen LogP contribution in [0.2, 0.25) is 0 Å². The predicted molar refractivity (Wildman–Crippen MR) is 169 cm³/mol. The molecule has 6 rings (SSSR count). The van der Waals surface area contributed by atoms with Crippen LogP contribution in [-0.4, -0.2) is 87.6 Å². The van der Waals surface area contributed by atoms with Crippen molar-refractivity contribution in [1.29, 1.82) is 0 Å². The van der Waals surface area contributed by atoms with E-state index in [1.807, 2.05) is 52.3 Å². The molecule has 2 amide bonds. The molecule has 232 valence electrons. The Bertz CT molecular complexity index is 1600. The fourth-order valence-electron chi connectivity index (χ4n) is 7.36. The van der Waals surface area contributed by atoms with E-state index in [1.165, 1.54) is 11.8 Å². The first-order chi connectivity index (χ1) is 21.2. The largest absolute Gasteiger partial charge is 0.496 e. The van der Waals surface area contributed by atoms with E-state index in [2.05, 4.69) is 29.2 Å². The van der Waals surface area contributed by atoms with Crippen LogP contribution in [0.15, 0.2) is 83.8 Å². The number of rotatable bonds is 8. The Labute approximate surface area is 260 Å².